The van der Waals surface area contributed by atoms with Crippen molar-refractivity contribution in [2.24, 2.45) is 7.05 Å². The molecule has 9 heteroatoms. The van der Waals surface area contributed by atoms with Gasteiger partial charge in [-0.3, -0.25) is 9.48 Å². The maximum absolute atomic E-state index is 12.1. The minimum absolute atomic E-state index is 0.0877. The van der Waals surface area contributed by atoms with E-state index in [1.165, 1.54) is 30.6 Å². The Bertz CT molecular complexity index is 675. The van der Waals surface area contributed by atoms with Crippen molar-refractivity contribution in [1.29, 1.82) is 0 Å². The molecule has 0 aliphatic heterocycles. The van der Waals surface area contributed by atoms with Gasteiger partial charge in [0.25, 0.3) is 10.0 Å². The van der Waals surface area contributed by atoms with Crippen LogP contribution in [0.15, 0.2) is 34.8 Å². The molecule has 0 fully saturated rings. The van der Waals surface area contributed by atoms with Crippen LogP contribution in [0.1, 0.15) is 10.9 Å². The Morgan fingerprint density at radius 2 is 2.26 bits per heavy atom. The van der Waals surface area contributed by atoms with Crippen LogP contribution in [0.5, 0.6) is 0 Å². The average Bonchev–Trinajstić information content (AvgIpc) is 2.96. The number of aromatic nitrogens is 2. The van der Waals surface area contributed by atoms with Crippen molar-refractivity contribution in [2.45, 2.75) is 11.1 Å². The molecule has 1 atom stereocenters. The van der Waals surface area contributed by atoms with E-state index in [9.17, 15) is 13.2 Å². The summed E-state index contributed by atoms with van der Waals surface area (Å²) in [4.78, 5) is 11.6. The van der Waals surface area contributed by atoms with E-state index in [0.717, 1.165) is 4.68 Å². The van der Waals surface area contributed by atoms with Gasteiger partial charge < -0.3 is 5.11 Å². The largest absolute Gasteiger partial charge is 0.480 e. The number of hydrogen-bond acceptors (Lipinski definition) is 5. The monoisotopic (exact) mass is 301 g/mol. The van der Waals surface area contributed by atoms with Gasteiger partial charge in [-0.1, -0.05) is 6.07 Å². The first kappa shape index (κ1) is 13.7. The van der Waals surface area contributed by atoms with Crippen LogP contribution >= 0.6 is 11.3 Å². The van der Waals surface area contributed by atoms with Crippen LogP contribution in [0.3, 0.4) is 0 Å². The van der Waals surface area contributed by atoms with E-state index in [0.29, 0.717) is 4.88 Å². The Labute approximate surface area is 113 Å². The van der Waals surface area contributed by atoms with Crippen molar-refractivity contribution in [2.75, 3.05) is 0 Å². The molecular formula is C10H11N3O4S2. The number of aryl methyl sites for hydroxylation is 1. The molecule has 0 saturated heterocycles. The number of nitrogens with zero attached hydrogens (tertiary/aromatic N) is 2. The van der Waals surface area contributed by atoms with Crippen molar-refractivity contribution in [3.63, 3.8) is 0 Å². The molecule has 7 nitrogen and oxygen atoms in total. The fraction of sp³-hybridized carbons (Fsp3) is 0.200. The average molecular weight is 301 g/mol. The van der Waals surface area contributed by atoms with Gasteiger partial charge in [0.1, 0.15) is 0 Å². The molecule has 0 bridgehead atoms. The van der Waals surface area contributed by atoms with Gasteiger partial charge >= 0.3 is 5.97 Å². The van der Waals surface area contributed by atoms with E-state index in [2.05, 4.69) is 9.82 Å². The van der Waals surface area contributed by atoms with E-state index < -0.39 is 22.0 Å². The lowest BCUT2D eigenvalue weighted by atomic mass is 10.3. The first-order valence-corrected chi connectivity index (χ1v) is 7.54. The Morgan fingerprint density at radius 1 is 1.53 bits per heavy atom. The third-order valence-electron chi connectivity index (χ3n) is 2.40. The molecule has 0 aliphatic rings. The maximum Gasteiger partial charge on any atom is 0.327 e. The molecule has 0 amide bonds. The second-order valence-corrected chi connectivity index (χ2v) is 6.34. The van der Waals surface area contributed by atoms with Gasteiger partial charge in [0.15, 0.2) is 11.1 Å². The van der Waals surface area contributed by atoms with Crippen molar-refractivity contribution in [1.82, 2.24) is 14.5 Å². The highest BCUT2D eigenvalue weighted by Crippen LogP contribution is 2.21. The Kier molecular flexibility index (Phi) is 3.69. The summed E-state index contributed by atoms with van der Waals surface area (Å²) >= 11 is 1.17. The Hall–Kier alpha value is -1.71. The highest BCUT2D eigenvalue weighted by Gasteiger charge is 2.29. The lowest BCUT2D eigenvalue weighted by Gasteiger charge is -2.13. The SMILES string of the molecule is Cn1nccc1S(=O)(=O)NC(C(=O)O)c1cccs1. The normalized spacial score (nSPS) is 13.3. The van der Waals surface area contributed by atoms with Crippen LogP contribution in [0.25, 0.3) is 0 Å². The fourth-order valence-corrected chi connectivity index (χ4v) is 3.66. The number of carboxylic acids is 1. The van der Waals surface area contributed by atoms with Gasteiger partial charge in [-0.2, -0.15) is 9.82 Å². The molecule has 0 spiro atoms. The van der Waals surface area contributed by atoms with Crippen LogP contribution in [0.4, 0.5) is 0 Å². The van der Waals surface area contributed by atoms with Gasteiger partial charge in [0.05, 0.1) is 6.20 Å². The minimum Gasteiger partial charge on any atom is -0.480 e. The number of carbonyl (C=O) groups is 1. The zero-order valence-electron chi connectivity index (χ0n) is 9.85. The Morgan fingerprint density at radius 3 is 2.74 bits per heavy atom. The molecule has 19 heavy (non-hydrogen) atoms. The second kappa shape index (κ2) is 5.11. The number of rotatable bonds is 5. The summed E-state index contributed by atoms with van der Waals surface area (Å²) in [6.07, 6.45) is 1.33. The third-order valence-corrected chi connectivity index (χ3v) is 4.83. The third kappa shape index (κ3) is 2.83. The first-order chi connectivity index (χ1) is 8.92. The molecule has 2 rings (SSSR count). The van der Waals surface area contributed by atoms with Crippen LogP contribution in [-0.4, -0.2) is 29.3 Å². The molecule has 102 valence electrons. The lowest BCUT2D eigenvalue weighted by Crippen LogP contribution is -2.34. The van der Waals surface area contributed by atoms with Gasteiger partial charge in [-0.05, 0) is 17.5 Å². The first-order valence-electron chi connectivity index (χ1n) is 5.18. The number of hydrogen-bond donors (Lipinski definition) is 2. The summed E-state index contributed by atoms with van der Waals surface area (Å²) in [5.74, 6) is -1.26. The maximum atomic E-state index is 12.1. The predicted octanol–water partition coefficient (Wildman–Crippen LogP) is 0.586. The number of nitrogens with one attached hydrogen (secondary N) is 1. The van der Waals surface area contributed by atoms with Crippen LogP contribution in [0, 0.1) is 0 Å². The summed E-state index contributed by atoms with van der Waals surface area (Å²) in [5, 5.41) is 14.5. The molecule has 0 radical (unpaired) electrons. The lowest BCUT2D eigenvalue weighted by molar-refractivity contribution is -0.139. The van der Waals surface area contributed by atoms with E-state index >= 15 is 0 Å². The van der Waals surface area contributed by atoms with Crippen LogP contribution in [0.2, 0.25) is 0 Å². The van der Waals surface area contributed by atoms with Gasteiger partial charge in [0.2, 0.25) is 0 Å². The number of aliphatic carboxylic acids is 1. The summed E-state index contributed by atoms with van der Waals surface area (Å²) < 4.78 is 27.5. The number of carboxylic acid groups (broad SMARTS) is 1. The van der Waals surface area contributed by atoms with E-state index in [1.807, 2.05) is 0 Å². The van der Waals surface area contributed by atoms with E-state index in [4.69, 9.17) is 5.11 Å². The van der Waals surface area contributed by atoms with Crippen molar-refractivity contribution in [3.05, 3.63) is 34.7 Å². The molecule has 2 heterocycles. The highest BCUT2D eigenvalue weighted by molar-refractivity contribution is 7.89. The van der Waals surface area contributed by atoms with Gasteiger partial charge in [-0.15, -0.1) is 11.3 Å². The highest BCUT2D eigenvalue weighted by atomic mass is 32.2. The zero-order valence-corrected chi connectivity index (χ0v) is 11.5. The summed E-state index contributed by atoms with van der Waals surface area (Å²) in [6.45, 7) is 0. The second-order valence-electron chi connectivity index (χ2n) is 3.70. The van der Waals surface area contributed by atoms with Crippen LogP contribution < -0.4 is 4.72 Å². The quantitative estimate of drug-likeness (QED) is 0.841. The molecule has 1 unspecified atom stereocenters. The molecule has 2 aromatic rings. The zero-order chi connectivity index (χ0) is 14.0. The standard InChI is InChI=1S/C10H11N3O4S2/c1-13-8(4-5-11-13)19(16,17)12-9(10(14)15)7-3-2-6-18-7/h2-6,9,12H,1H3,(H,14,15). The number of thiophene rings is 1. The summed E-state index contributed by atoms with van der Waals surface area (Å²) in [5.41, 5.74) is 0. The Balaban J connectivity index is 2.33. The summed E-state index contributed by atoms with van der Waals surface area (Å²) in [7, 11) is -2.47. The molecule has 0 aliphatic carbocycles. The molecular weight excluding hydrogens is 290 g/mol. The molecule has 2 aromatic heterocycles. The van der Waals surface area contributed by atoms with Crippen molar-refractivity contribution >= 4 is 27.3 Å². The van der Waals surface area contributed by atoms with Crippen molar-refractivity contribution in [3.8, 4) is 0 Å². The number of sulfonamides is 1. The van der Waals surface area contributed by atoms with Gasteiger partial charge in [-0.25, -0.2) is 8.42 Å². The van der Waals surface area contributed by atoms with Gasteiger partial charge in [0, 0.05) is 11.9 Å². The fourth-order valence-electron chi connectivity index (χ4n) is 1.53. The van der Waals surface area contributed by atoms with Crippen LogP contribution in [-0.2, 0) is 21.9 Å². The predicted molar refractivity (Wildman–Crippen MR) is 68.2 cm³/mol. The molecule has 2 N–H and O–H groups in total. The van der Waals surface area contributed by atoms with E-state index in [-0.39, 0.29) is 5.03 Å². The molecule has 0 saturated carbocycles. The minimum atomic E-state index is -3.94. The molecule has 0 aromatic carbocycles. The smallest absolute Gasteiger partial charge is 0.327 e. The summed E-state index contributed by atoms with van der Waals surface area (Å²) in [6, 6.07) is 3.22. The topological polar surface area (TPSA) is 101 Å². The van der Waals surface area contributed by atoms with E-state index in [1.54, 1.807) is 17.5 Å². The van der Waals surface area contributed by atoms with Crippen molar-refractivity contribution < 1.29 is 18.3 Å².